The van der Waals surface area contributed by atoms with Crippen LogP contribution in [0.2, 0.25) is 0 Å². The standard InChI is InChI=1S/C10H8BrN3O3S/c11-5-1-6(18-4-5)2-12-8(15)7-3-13-10(17)14-9(7)16/h1,3-4H,2H2,(H,12,15)(H2,13,14,16,17). The van der Waals surface area contributed by atoms with E-state index in [1.165, 1.54) is 11.3 Å². The molecule has 0 aromatic carbocycles. The summed E-state index contributed by atoms with van der Waals surface area (Å²) >= 11 is 4.79. The van der Waals surface area contributed by atoms with Gasteiger partial charge < -0.3 is 10.3 Å². The van der Waals surface area contributed by atoms with E-state index in [1.54, 1.807) is 0 Å². The summed E-state index contributed by atoms with van der Waals surface area (Å²) in [5.74, 6) is -0.531. The second-order valence-corrected chi connectivity index (χ2v) is 5.31. The number of carbonyl (C=O) groups excluding carboxylic acids is 1. The molecule has 0 saturated heterocycles. The number of hydrogen-bond acceptors (Lipinski definition) is 4. The third-order valence-corrected chi connectivity index (χ3v) is 3.81. The van der Waals surface area contributed by atoms with Crippen molar-refractivity contribution in [1.82, 2.24) is 15.3 Å². The molecule has 18 heavy (non-hydrogen) atoms. The van der Waals surface area contributed by atoms with E-state index in [-0.39, 0.29) is 5.56 Å². The van der Waals surface area contributed by atoms with Crippen LogP contribution in [0.15, 0.2) is 31.7 Å². The second kappa shape index (κ2) is 5.32. The van der Waals surface area contributed by atoms with Crippen LogP contribution in [-0.4, -0.2) is 15.9 Å². The number of nitrogens with one attached hydrogen (secondary N) is 3. The summed E-state index contributed by atoms with van der Waals surface area (Å²) in [5.41, 5.74) is -1.47. The normalized spacial score (nSPS) is 10.3. The van der Waals surface area contributed by atoms with Crippen molar-refractivity contribution < 1.29 is 4.79 Å². The van der Waals surface area contributed by atoms with Gasteiger partial charge in [-0.05, 0) is 22.0 Å². The average molecular weight is 330 g/mol. The van der Waals surface area contributed by atoms with Crippen LogP contribution in [0.1, 0.15) is 15.2 Å². The van der Waals surface area contributed by atoms with Crippen LogP contribution in [0.3, 0.4) is 0 Å². The van der Waals surface area contributed by atoms with Gasteiger partial charge in [0.2, 0.25) is 0 Å². The Kier molecular flexibility index (Phi) is 3.78. The number of halogens is 1. The van der Waals surface area contributed by atoms with Gasteiger partial charge in [0.05, 0.1) is 6.54 Å². The van der Waals surface area contributed by atoms with Gasteiger partial charge in [0, 0.05) is 20.9 Å². The summed E-state index contributed by atoms with van der Waals surface area (Å²) in [6, 6.07) is 1.88. The maximum Gasteiger partial charge on any atom is 0.325 e. The monoisotopic (exact) mass is 329 g/mol. The molecule has 1 amide bonds. The highest BCUT2D eigenvalue weighted by Gasteiger charge is 2.10. The first-order chi connectivity index (χ1) is 8.56. The molecule has 0 aliphatic heterocycles. The zero-order valence-electron chi connectivity index (χ0n) is 8.95. The Morgan fingerprint density at radius 1 is 1.44 bits per heavy atom. The van der Waals surface area contributed by atoms with Crippen molar-refractivity contribution in [3.05, 3.63) is 53.4 Å². The summed E-state index contributed by atoms with van der Waals surface area (Å²) in [5, 5.41) is 4.49. The Morgan fingerprint density at radius 3 is 2.83 bits per heavy atom. The van der Waals surface area contributed by atoms with E-state index >= 15 is 0 Å². The topological polar surface area (TPSA) is 94.8 Å². The Balaban J connectivity index is 2.08. The minimum absolute atomic E-state index is 0.120. The molecule has 2 aromatic heterocycles. The van der Waals surface area contributed by atoms with Crippen LogP contribution < -0.4 is 16.6 Å². The average Bonchev–Trinajstić information content (AvgIpc) is 2.72. The van der Waals surface area contributed by atoms with Gasteiger partial charge in [-0.15, -0.1) is 11.3 Å². The fourth-order valence-electron chi connectivity index (χ4n) is 1.29. The third-order valence-electron chi connectivity index (χ3n) is 2.11. The van der Waals surface area contributed by atoms with Crippen molar-refractivity contribution in [2.75, 3.05) is 0 Å². The van der Waals surface area contributed by atoms with E-state index in [2.05, 4.69) is 26.2 Å². The van der Waals surface area contributed by atoms with Gasteiger partial charge >= 0.3 is 5.69 Å². The summed E-state index contributed by atoms with van der Waals surface area (Å²) in [6.45, 7) is 0.327. The number of aromatic nitrogens is 2. The number of rotatable bonds is 3. The van der Waals surface area contributed by atoms with E-state index in [0.29, 0.717) is 6.54 Å². The van der Waals surface area contributed by atoms with Gasteiger partial charge in [-0.25, -0.2) is 4.79 Å². The van der Waals surface area contributed by atoms with Gasteiger partial charge in [0.15, 0.2) is 0 Å². The molecular weight excluding hydrogens is 322 g/mol. The number of carbonyl (C=O) groups is 1. The minimum Gasteiger partial charge on any atom is -0.347 e. The van der Waals surface area contributed by atoms with E-state index in [9.17, 15) is 14.4 Å². The highest BCUT2D eigenvalue weighted by atomic mass is 79.9. The van der Waals surface area contributed by atoms with Gasteiger partial charge in [-0.2, -0.15) is 0 Å². The largest absolute Gasteiger partial charge is 0.347 e. The predicted octanol–water partition coefficient (Wildman–Crippen LogP) is 0.817. The first kappa shape index (κ1) is 12.8. The summed E-state index contributed by atoms with van der Waals surface area (Å²) < 4.78 is 0.943. The van der Waals surface area contributed by atoms with Crippen LogP contribution in [0.5, 0.6) is 0 Å². The number of aromatic amines is 2. The highest BCUT2D eigenvalue weighted by Crippen LogP contribution is 2.19. The van der Waals surface area contributed by atoms with Crippen molar-refractivity contribution in [2.24, 2.45) is 0 Å². The number of amides is 1. The molecule has 3 N–H and O–H groups in total. The van der Waals surface area contributed by atoms with Gasteiger partial charge in [0.1, 0.15) is 5.56 Å². The lowest BCUT2D eigenvalue weighted by atomic mass is 10.3. The van der Waals surface area contributed by atoms with E-state index in [1.807, 2.05) is 16.4 Å². The van der Waals surface area contributed by atoms with Gasteiger partial charge in [-0.1, -0.05) is 0 Å². The van der Waals surface area contributed by atoms with Crippen LogP contribution >= 0.6 is 27.3 Å². The van der Waals surface area contributed by atoms with E-state index in [4.69, 9.17) is 0 Å². The third kappa shape index (κ3) is 2.96. The molecule has 0 aliphatic rings. The quantitative estimate of drug-likeness (QED) is 0.777. The molecule has 2 heterocycles. The molecule has 2 rings (SSSR count). The number of hydrogen-bond donors (Lipinski definition) is 3. The maximum absolute atomic E-state index is 11.7. The zero-order valence-corrected chi connectivity index (χ0v) is 11.4. The highest BCUT2D eigenvalue weighted by molar-refractivity contribution is 9.10. The molecule has 2 aromatic rings. The number of thiophene rings is 1. The Bertz CT molecular complexity index is 688. The van der Waals surface area contributed by atoms with Crippen molar-refractivity contribution in [3.63, 3.8) is 0 Å². The van der Waals surface area contributed by atoms with Crippen molar-refractivity contribution in [1.29, 1.82) is 0 Å². The molecule has 0 unspecified atom stereocenters. The molecule has 8 heteroatoms. The van der Waals surface area contributed by atoms with Gasteiger partial charge in [-0.3, -0.25) is 14.6 Å². The molecule has 94 valence electrons. The van der Waals surface area contributed by atoms with E-state index < -0.39 is 17.2 Å². The zero-order chi connectivity index (χ0) is 13.1. The van der Waals surface area contributed by atoms with Crippen molar-refractivity contribution in [2.45, 2.75) is 6.54 Å². The summed E-state index contributed by atoms with van der Waals surface area (Å²) in [7, 11) is 0. The fraction of sp³-hybridized carbons (Fsp3) is 0.100. The lowest BCUT2D eigenvalue weighted by molar-refractivity contribution is 0.0949. The lowest BCUT2D eigenvalue weighted by Gasteiger charge is -2.01. The smallest absolute Gasteiger partial charge is 0.325 e. The van der Waals surface area contributed by atoms with Gasteiger partial charge in [0.25, 0.3) is 11.5 Å². The molecule has 0 saturated carbocycles. The summed E-state index contributed by atoms with van der Waals surface area (Å²) in [4.78, 5) is 39.0. The van der Waals surface area contributed by atoms with Crippen LogP contribution in [0.4, 0.5) is 0 Å². The Labute approximate surface area is 113 Å². The lowest BCUT2D eigenvalue weighted by Crippen LogP contribution is -2.33. The summed E-state index contributed by atoms with van der Waals surface area (Å²) in [6.07, 6.45) is 1.10. The molecule has 0 atom stereocenters. The minimum atomic E-state index is -0.705. The Hall–Kier alpha value is -1.67. The fourth-order valence-corrected chi connectivity index (χ4v) is 2.68. The molecule has 6 nitrogen and oxygen atoms in total. The van der Waals surface area contributed by atoms with Crippen molar-refractivity contribution >= 4 is 33.2 Å². The van der Waals surface area contributed by atoms with Crippen LogP contribution in [0, 0.1) is 0 Å². The first-order valence-electron chi connectivity index (χ1n) is 4.89. The first-order valence-corrected chi connectivity index (χ1v) is 6.56. The van der Waals surface area contributed by atoms with Crippen molar-refractivity contribution in [3.8, 4) is 0 Å². The number of H-pyrrole nitrogens is 2. The molecule has 0 spiro atoms. The predicted molar refractivity (Wildman–Crippen MR) is 70.9 cm³/mol. The van der Waals surface area contributed by atoms with Crippen LogP contribution in [0.25, 0.3) is 0 Å². The Morgan fingerprint density at radius 2 is 2.22 bits per heavy atom. The molecular formula is C10H8BrN3O3S. The molecule has 0 radical (unpaired) electrons. The van der Waals surface area contributed by atoms with E-state index in [0.717, 1.165) is 15.5 Å². The molecule has 0 bridgehead atoms. The maximum atomic E-state index is 11.7. The molecule has 0 aliphatic carbocycles. The SMILES string of the molecule is O=C(NCc1cc(Br)cs1)c1c[nH]c(=O)[nH]c1=O. The second-order valence-electron chi connectivity index (χ2n) is 3.40. The van der Waals surface area contributed by atoms with Crippen LogP contribution in [-0.2, 0) is 6.54 Å². The molecule has 0 fully saturated rings.